The minimum Gasteiger partial charge on any atom is -0.392 e. The Balaban J connectivity index is -0.000000177. The fourth-order valence-corrected chi connectivity index (χ4v) is 10.2. The van der Waals surface area contributed by atoms with Gasteiger partial charge in [0.15, 0.2) is 0 Å². The van der Waals surface area contributed by atoms with E-state index in [4.69, 9.17) is 28.6 Å². The van der Waals surface area contributed by atoms with Gasteiger partial charge in [-0.15, -0.1) is 0 Å². The van der Waals surface area contributed by atoms with Crippen LogP contribution in [0.3, 0.4) is 0 Å². The molecule has 0 aromatic rings. The summed E-state index contributed by atoms with van der Waals surface area (Å²) in [6.45, 7) is 76.1. The largest absolute Gasteiger partial charge is 0.469 e. The predicted octanol–water partition coefficient (Wildman–Crippen LogP) is 15.7. The van der Waals surface area contributed by atoms with Gasteiger partial charge in [0.2, 0.25) is 0 Å². The molecule has 0 bridgehead atoms. The summed E-state index contributed by atoms with van der Waals surface area (Å²) in [5.74, 6) is 0. The van der Waals surface area contributed by atoms with Crippen LogP contribution in [0.2, 0.25) is 0 Å². The molecule has 14 heteroatoms. The molecule has 0 aromatic carbocycles. The van der Waals surface area contributed by atoms with E-state index in [0.717, 1.165) is 0 Å². The molecular formula is C56H126O12P2. The van der Waals surface area contributed by atoms with Crippen LogP contribution in [0.5, 0.6) is 0 Å². The molecule has 0 aliphatic carbocycles. The fraction of sp³-hybridized carbons (Fsp3) is 1.00. The summed E-state index contributed by atoms with van der Waals surface area (Å²) in [6.07, 6.45) is -1.45. The molecule has 8 N–H and O–H groups in total. The number of rotatable bonds is 4. The lowest BCUT2D eigenvalue weighted by molar-refractivity contribution is -0.121. The maximum Gasteiger partial charge on any atom is 0.469 e. The summed E-state index contributed by atoms with van der Waals surface area (Å²) in [5, 5.41) is 39.8. The van der Waals surface area contributed by atoms with Crippen LogP contribution >= 0.6 is 15.6 Å². The van der Waals surface area contributed by atoms with Gasteiger partial charge >= 0.3 is 15.6 Å². The second kappa shape index (κ2) is 26.4. The number of aliphatic hydroxyl groups excluding tert-OH is 2. The summed E-state index contributed by atoms with van der Waals surface area (Å²) in [4.78, 5) is 35.2. The van der Waals surface area contributed by atoms with Crippen LogP contribution < -0.4 is 0 Å². The quantitative estimate of drug-likeness (QED) is 0.124. The highest BCUT2D eigenvalue weighted by Crippen LogP contribution is 2.49. The first-order valence-corrected chi connectivity index (χ1v) is 28.3. The zero-order chi connectivity index (χ0) is 59.7. The molecular weight excluding hydrogens is 927 g/mol. The topological polar surface area (TPSA) is 214 Å². The summed E-state index contributed by atoms with van der Waals surface area (Å²) >= 11 is 0. The second-order valence-corrected chi connectivity index (χ2v) is 35.2. The minimum atomic E-state index is -4.41. The van der Waals surface area contributed by atoms with Gasteiger partial charge in [-0.2, -0.15) is 0 Å². The van der Waals surface area contributed by atoms with E-state index in [1.807, 2.05) is 96.9 Å². The van der Waals surface area contributed by atoms with Gasteiger partial charge in [0.1, 0.15) is 0 Å². The lowest BCUT2D eigenvalue weighted by Crippen LogP contribution is -2.50. The van der Waals surface area contributed by atoms with E-state index in [-0.39, 0.29) is 77.2 Å². The lowest BCUT2D eigenvalue weighted by atomic mass is 9.64. The number of hydrogen-bond donors (Lipinski definition) is 8. The van der Waals surface area contributed by atoms with Crippen LogP contribution in [0.25, 0.3) is 0 Å². The van der Waals surface area contributed by atoms with Crippen LogP contribution in [-0.4, -0.2) is 75.6 Å². The molecule has 0 aliphatic rings. The molecule has 0 radical (unpaired) electrons. The molecule has 0 saturated carbocycles. The number of hydrogen-bond acceptors (Lipinski definition) is 8. The molecule has 0 unspecified atom stereocenters. The van der Waals surface area contributed by atoms with Gasteiger partial charge in [-0.1, -0.05) is 249 Å². The molecule has 0 heterocycles. The van der Waals surface area contributed by atoms with Gasteiger partial charge in [-0.05, 0) is 78.8 Å². The van der Waals surface area contributed by atoms with E-state index in [9.17, 15) is 29.6 Å². The molecule has 0 rings (SSSR count). The van der Waals surface area contributed by atoms with Crippen molar-refractivity contribution < 1.29 is 58.2 Å². The normalized spacial score (nSPS) is 14.9. The third-order valence-corrected chi connectivity index (χ3v) is 13.7. The van der Waals surface area contributed by atoms with Crippen molar-refractivity contribution in [1.82, 2.24) is 0 Å². The summed E-state index contributed by atoms with van der Waals surface area (Å²) in [7, 11) is -8.83. The first kappa shape index (κ1) is 81.4. The van der Waals surface area contributed by atoms with E-state index >= 15 is 0 Å². The van der Waals surface area contributed by atoms with Crippen molar-refractivity contribution in [2.45, 2.75) is 299 Å². The molecule has 0 atom stereocenters. The standard InChI is InChI=1S/2C10H22O.2C9H21O4P.2C9H20O/c2*1-8(2,3)10(7,11)9(4,5)6;2*1-8(2,3)7(9(4,5)6)13-14(10,11)12;2*1-8(2,3)7(10)9(4,5)6/h2*11H,1-7H3;2*7H,1-6H3,(H2,10,11,12);2*7,10H,1-6H3. The Bertz CT molecular complexity index is 1330. The van der Waals surface area contributed by atoms with Crippen molar-refractivity contribution in [3.63, 3.8) is 0 Å². The third kappa shape index (κ3) is 34.6. The Kier molecular flexibility index (Phi) is 30.7. The van der Waals surface area contributed by atoms with Gasteiger partial charge in [-0.25, -0.2) is 9.13 Å². The zero-order valence-electron chi connectivity index (χ0n) is 53.4. The fourth-order valence-electron chi connectivity index (χ4n) is 8.35. The molecule has 70 heavy (non-hydrogen) atoms. The maximum atomic E-state index is 10.8. The summed E-state index contributed by atoms with van der Waals surface area (Å²) in [5.41, 5.74) is -2.74. The van der Waals surface area contributed by atoms with Crippen LogP contribution in [-0.2, 0) is 18.2 Å². The Labute approximate surface area is 436 Å². The smallest absolute Gasteiger partial charge is 0.392 e. The maximum absolute atomic E-state index is 10.8. The lowest BCUT2D eigenvalue weighted by Gasteiger charge is -2.47. The Morgan fingerprint density at radius 1 is 0.271 bits per heavy atom. The highest BCUT2D eigenvalue weighted by Gasteiger charge is 2.46. The van der Waals surface area contributed by atoms with Crippen LogP contribution in [0.1, 0.15) is 263 Å². The number of phosphoric ester groups is 2. The first-order valence-electron chi connectivity index (χ1n) is 25.3. The van der Waals surface area contributed by atoms with Crippen molar-refractivity contribution >= 4 is 15.6 Å². The molecule has 0 aromatic heterocycles. The van der Waals surface area contributed by atoms with Crippen molar-refractivity contribution in [3.05, 3.63) is 0 Å². The monoisotopic (exact) mass is 1050 g/mol. The molecule has 0 amide bonds. The SMILES string of the molecule is CC(C)(C)C(C)(O)C(C)(C)C.CC(C)(C)C(C)(O)C(C)(C)C.CC(C)(C)C(O)C(C)(C)C.CC(C)(C)C(O)C(C)(C)C.CC(C)(C)C(OP(=O)(O)O)C(C)(C)C.CC(C)(C)C(OP(=O)(O)O)C(C)(C)C. The highest BCUT2D eigenvalue weighted by molar-refractivity contribution is 7.46. The Morgan fingerprint density at radius 2 is 0.386 bits per heavy atom. The summed E-state index contributed by atoms with van der Waals surface area (Å²) < 4.78 is 31.3. The van der Waals surface area contributed by atoms with Gasteiger partial charge in [-0.3, -0.25) is 9.05 Å². The average molecular weight is 1050 g/mol. The van der Waals surface area contributed by atoms with E-state index in [1.165, 1.54) is 0 Å². The molecule has 0 spiro atoms. The van der Waals surface area contributed by atoms with Crippen molar-refractivity contribution in [2.75, 3.05) is 0 Å². The molecule has 432 valence electrons. The minimum absolute atomic E-state index is 0.00174. The van der Waals surface area contributed by atoms with Crippen LogP contribution in [0.15, 0.2) is 0 Å². The van der Waals surface area contributed by atoms with Crippen LogP contribution in [0.4, 0.5) is 0 Å². The van der Waals surface area contributed by atoms with Gasteiger partial charge < -0.3 is 40.0 Å². The van der Waals surface area contributed by atoms with Gasteiger partial charge in [0.05, 0.1) is 35.6 Å². The average Bonchev–Trinajstić information content (AvgIpc) is 2.96. The van der Waals surface area contributed by atoms with Crippen LogP contribution in [0, 0.1) is 65.0 Å². The molecule has 0 fully saturated rings. The molecule has 0 saturated heterocycles. The predicted molar refractivity (Wildman–Crippen MR) is 301 cm³/mol. The third-order valence-electron chi connectivity index (χ3n) is 12.8. The number of phosphoric acid groups is 2. The van der Waals surface area contributed by atoms with Gasteiger partial charge in [0, 0.05) is 0 Å². The second-order valence-electron chi connectivity index (χ2n) is 32.8. The van der Waals surface area contributed by atoms with E-state index < -0.39 is 39.1 Å². The zero-order valence-corrected chi connectivity index (χ0v) is 55.2. The van der Waals surface area contributed by atoms with E-state index in [2.05, 4.69) is 166 Å². The van der Waals surface area contributed by atoms with Crippen molar-refractivity contribution in [2.24, 2.45) is 65.0 Å². The van der Waals surface area contributed by atoms with E-state index in [1.54, 1.807) is 0 Å². The number of aliphatic hydroxyl groups is 4. The Hall–Kier alpha value is 0.0600. The van der Waals surface area contributed by atoms with Crippen molar-refractivity contribution in [3.8, 4) is 0 Å². The summed E-state index contributed by atoms with van der Waals surface area (Å²) in [6, 6.07) is 0. The first-order chi connectivity index (χ1) is 29.0. The molecule has 0 aliphatic heterocycles. The molecule has 12 nitrogen and oxygen atoms in total. The van der Waals surface area contributed by atoms with Gasteiger partial charge in [0.25, 0.3) is 0 Å². The highest BCUT2D eigenvalue weighted by atomic mass is 31.2. The van der Waals surface area contributed by atoms with E-state index in [0.29, 0.717) is 0 Å². The Morgan fingerprint density at radius 3 is 0.400 bits per heavy atom. The van der Waals surface area contributed by atoms with Crippen molar-refractivity contribution in [1.29, 1.82) is 0 Å².